The topological polar surface area (TPSA) is 99.6 Å². The Balaban J connectivity index is 2.11. The van der Waals surface area contributed by atoms with Gasteiger partial charge in [0.15, 0.2) is 0 Å². The van der Waals surface area contributed by atoms with E-state index in [0.29, 0.717) is 25.1 Å². The van der Waals surface area contributed by atoms with Crippen LogP contribution in [0.3, 0.4) is 0 Å². The van der Waals surface area contributed by atoms with Crippen LogP contribution >= 0.6 is 0 Å². The molecule has 21 heavy (non-hydrogen) atoms. The smallest absolute Gasteiger partial charge is 0.354 e. The van der Waals surface area contributed by atoms with Crippen LogP contribution in [0.5, 0.6) is 0 Å². The van der Waals surface area contributed by atoms with E-state index in [1.54, 1.807) is 11.9 Å². The highest BCUT2D eigenvalue weighted by Gasteiger charge is 2.41. The molecule has 1 saturated heterocycles. The van der Waals surface area contributed by atoms with Crippen LogP contribution in [0.15, 0.2) is 18.3 Å². The van der Waals surface area contributed by atoms with Crippen molar-refractivity contribution in [1.82, 2.24) is 15.2 Å². The lowest BCUT2D eigenvalue weighted by Crippen LogP contribution is -2.40. The zero-order chi connectivity index (χ0) is 15.6. The average Bonchev–Trinajstić information content (AvgIpc) is 2.89. The van der Waals surface area contributed by atoms with Gasteiger partial charge in [-0.05, 0) is 25.5 Å². The monoisotopic (exact) mass is 291 g/mol. The minimum absolute atomic E-state index is 0.0860. The van der Waals surface area contributed by atoms with Gasteiger partial charge in [-0.15, -0.1) is 0 Å². The molecule has 1 aromatic heterocycles. The Morgan fingerprint density at radius 2 is 2.10 bits per heavy atom. The number of carbonyl (C=O) groups is 3. The predicted molar refractivity (Wildman–Crippen MR) is 73.9 cm³/mol. The Morgan fingerprint density at radius 1 is 1.38 bits per heavy atom. The highest BCUT2D eigenvalue weighted by Crippen LogP contribution is 2.30. The maximum absolute atomic E-state index is 12.3. The number of amides is 2. The van der Waals surface area contributed by atoms with Crippen molar-refractivity contribution in [3.63, 3.8) is 0 Å². The van der Waals surface area contributed by atoms with Gasteiger partial charge in [0.05, 0.1) is 11.0 Å². The van der Waals surface area contributed by atoms with E-state index in [-0.39, 0.29) is 17.5 Å². The van der Waals surface area contributed by atoms with Crippen LogP contribution in [0.25, 0.3) is 0 Å². The summed E-state index contributed by atoms with van der Waals surface area (Å²) in [5, 5.41) is 11.4. The fourth-order valence-electron chi connectivity index (χ4n) is 2.45. The van der Waals surface area contributed by atoms with Crippen molar-refractivity contribution < 1.29 is 19.5 Å². The van der Waals surface area contributed by atoms with Gasteiger partial charge in [-0.3, -0.25) is 9.59 Å². The molecule has 0 spiro atoms. The standard InChI is InChI=1S/C14H17N3O4/c1-14(13(21)15-2)5-6-17(8-14)11(18)9-3-4-10(12(19)20)16-7-9/h3-4,7H,5-6,8H2,1-2H3,(H,15,21)(H,19,20). The van der Waals surface area contributed by atoms with Crippen LogP contribution in [0, 0.1) is 5.41 Å². The molecule has 1 aliphatic rings. The summed E-state index contributed by atoms with van der Waals surface area (Å²) >= 11 is 0. The molecule has 0 saturated carbocycles. The van der Waals surface area contributed by atoms with Gasteiger partial charge in [0, 0.05) is 26.3 Å². The molecule has 0 bridgehead atoms. The third-order valence-corrected chi connectivity index (χ3v) is 3.77. The Labute approximate surface area is 122 Å². The van der Waals surface area contributed by atoms with Crippen LogP contribution in [0.1, 0.15) is 34.2 Å². The number of nitrogens with zero attached hydrogens (tertiary/aromatic N) is 2. The molecule has 1 fully saturated rings. The predicted octanol–water partition coefficient (Wildman–Crippen LogP) is 0.378. The Morgan fingerprint density at radius 3 is 2.62 bits per heavy atom. The van der Waals surface area contributed by atoms with Gasteiger partial charge in [-0.2, -0.15) is 0 Å². The van der Waals surface area contributed by atoms with Gasteiger partial charge >= 0.3 is 5.97 Å². The first kappa shape index (κ1) is 15.0. The molecular formula is C14H17N3O4. The molecule has 0 aromatic carbocycles. The molecule has 1 aliphatic heterocycles. The molecule has 2 amide bonds. The molecular weight excluding hydrogens is 274 g/mol. The van der Waals surface area contributed by atoms with Crippen molar-refractivity contribution in [2.45, 2.75) is 13.3 Å². The zero-order valence-electron chi connectivity index (χ0n) is 11.9. The van der Waals surface area contributed by atoms with Crippen molar-refractivity contribution in [2.24, 2.45) is 5.41 Å². The molecule has 2 heterocycles. The van der Waals surface area contributed by atoms with Crippen molar-refractivity contribution in [3.05, 3.63) is 29.6 Å². The quantitative estimate of drug-likeness (QED) is 0.838. The van der Waals surface area contributed by atoms with Crippen LogP contribution < -0.4 is 5.32 Å². The second-order valence-electron chi connectivity index (χ2n) is 5.35. The van der Waals surface area contributed by atoms with Crippen molar-refractivity contribution in [2.75, 3.05) is 20.1 Å². The number of hydrogen-bond acceptors (Lipinski definition) is 4. The largest absolute Gasteiger partial charge is 0.477 e. The van der Waals surface area contributed by atoms with Crippen LogP contribution in [0.4, 0.5) is 0 Å². The van der Waals surface area contributed by atoms with E-state index < -0.39 is 11.4 Å². The van der Waals surface area contributed by atoms with Crippen molar-refractivity contribution in [3.8, 4) is 0 Å². The lowest BCUT2D eigenvalue weighted by molar-refractivity contribution is -0.128. The SMILES string of the molecule is CNC(=O)C1(C)CCN(C(=O)c2ccc(C(=O)O)nc2)C1. The van der Waals surface area contributed by atoms with Gasteiger partial charge in [-0.1, -0.05) is 0 Å². The fraction of sp³-hybridized carbons (Fsp3) is 0.429. The normalized spacial score (nSPS) is 21.1. The van der Waals surface area contributed by atoms with E-state index in [0.717, 1.165) is 0 Å². The zero-order valence-corrected chi connectivity index (χ0v) is 11.9. The molecule has 1 unspecified atom stereocenters. The minimum atomic E-state index is -1.14. The summed E-state index contributed by atoms with van der Waals surface area (Å²) in [4.78, 5) is 40.2. The number of pyridine rings is 1. The minimum Gasteiger partial charge on any atom is -0.477 e. The van der Waals surface area contributed by atoms with E-state index in [4.69, 9.17) is 5.11 Å². The lowest BCUT2D eigenvalue weighted by atomic mass is 9.89. The number of aromatic carboxylic acids is 1. The average molecular weight is 291 g/mol. The number of rotatable bonds is 3. The van der Waals surface area contributed by atoms with E-state index in [1.165, 1.54) is 18.3 Å². The van der Waals surface area contributed by atoms with E-state index in [1.807, 2.05) is 6.92 Å². The van der Waals surface area contributed by atoms with Gasteiger partial charge < -0.3 is 15.3 Å². The number of hydrogen-bond donors (Lipinski definition) is 2. The Hall–Kier alpha value is -2.44. The fourth-order valence-corrected chi connectivity index (χ4v) is 2.45. The molecule has 0 aliphatic carbocycles. The molecule has 7 nitrogen and oxygen atoms in total. The molecule has 112 valence electrons. The Bertz CT molecular complexity index is 584. The summed E-state index contributed by atoms with van der Waals surface area (Å²) in [6.45, 7) is 2.65. The lowest BCUT2D eigenvalue weighted by Gasteiger charge is -2.22. The second kappa shape index (κ2) is 5.51. The highest BCUT2D eigenvalue weighted by atomic mass is 16.4. The van der Waals surface area contributed by atoms with Gasteiger partial charge in [-0.25, -0.2) is 9.78 Å². The summed E-state index contributed by atoms with van der Waals surface area (Å²) < 4.78 is 0. The second-order valence-corrected chi connectivity index (χ2v) is 5.35. The third-order valence-electron chi connectivity index (χ3n) is 3.77. The van der Waals surface area contributed by atoms with E-state index in [2.05, 4.69) is 10.3 Å². The van der Waals surface area contributed by atoms with Crippen molar-refractivity contribution >= 4 is 17.8 Å². The van der Waals surface area contributed by atoms with Gasteiger partial charge in [0.25, 0.3) is 5.91 Å². The van der Waals surface area contributed by atoms with Crippen molar-refractivity contribution in [1.29, 1.82) is 0 Å². The van der Waals surface area contributed by atoms with E-state index in [9.17, 15) is 14.4 Å². The molecule has 2 N–H and O–H groups in total. The summed E-state index contributed by atoms with van der Waals surface area (Å²) in [6.07, 6.45) is 1.85. The number of aromatic nitrogens is 1. The number of carbonyl (C=O) groups excluding carboxylic acids is 2. The molecule has 0 radical (unpaired) electrons. The summed E-state index contributed by atoms with van der Waals surface area (Å²) in [5.41, 5.74) is -0.372. The molecule has 1 atom stereocenters. The number of nitrogens with one attached hydrogen (secondary N) is 1. The number of likely N-dealkylation sites (tertiary alicyclic amines) is 1. The number of carboxylic acids is 1. The van der Waals surface area contributed by atoms with Crippen LogP contribution in [-0.2, 0) is 4.79 Å². The summed E-state index contributed by atoms with van der Waals surface area (Å²) in [6, 6.07) is 2.73. The van der Waals surface area contributed by atoms with Gasteiger partial charge in [0.1, 0.15) is 5.69 Å². The first-order chi connectivity index (χ1) is 9.87. The van der Waals surface area contributed by atoms with Crippen LogP contribution in [0.2, 0.25) is 0 Å². The van der Waals surface area contributed by atoms with Crippen LogP contribution in [-0.4, -0.2) is 52.9 Å². The maximum atomic E-state index is 12.3. The Kier molecular flexibility index (Phi) is 3.93. The maximum Gasteiger partial charge on any atom is 0.354 e. The first-order valence-corrected chi connectivity index (χ1v) is 6.58. The number of carboxylic acid groups (broad SMARTS) is 1. The summed E-state index contributed by atoms with van der Waals surface area (Å²) in [7, 11) is 1.58. The molecule has 2 rings (SSSR count). The first-order valence-electron chi connectivity index (χ1n) is 6.58. The molecule has 1 aromatic rings. The van der Waals surface area contributed by atoms with E-state index >= 15 is 0 Å². The highest BCUT2D eigenvalue weighted by molar-refractivity contribution is 5.96. The third kappa shape index (κ3) is 2.86. The molecule has 7 heteroatoms. The van der Waals surface area contributed by atoms with Gasteiger partial charge in [0.2, 0.25) is 5.91 Å². The summed E-state index contributed by atoms with van der Waals surface area (Å²) in [5.74, 6) is -1.47.